The number of aryl methyl sites for hydroxylation is 2. The van der Waals surface area contributed by atoms with Crippen molar-refractivity contribution in [1.82, 2.24) is 20.5 Å². The van der Waals surface area contributed by atoms with Crippen LogP contribution in [0.3, 0.4) is 0 Å². The molecule has 0 aliphatic carbocycles. The summed E-state index contributed by atoms with van der Waals surface area (Å²) in [5.74, 6) is 1.34. The first kappa shape index (κ1) is 14.0. The molecule has 2 rings (SSSR count). The zero-order valence-corrected chi connectivity index (χ0v) is 11.9. The van der Waals surface area contributed by atoms with E-state index in [1.54, 1.807) is 0 Å². The molecule has 6 heteroatoms. The molecule has 0 unspecified atom stereocenters. The molecule has 0 bridgehead atoms. The molecule has 106 valence electrons. The summed E-state index contributed by atoms with van der Waals surface area (Å²) in [6.45, 7) is 5.79. The van der Waals surface area contributed by atoms with Gasteiger partial charge in [-0.25, -0.2) is 9.78 Å². The highest BCUT2D eigenvalue weighted by Gasteiger charge is 2.16. The van der Waals surface area contributed by atoms with Crippen LogP contribution in [0.4, 0.5) is 10.5 Å². The van der Waals surface area contributed by atoms with E-state index in [0.29, 0.717) is 5.82 Å². The fourth-order valence-electron chi connectivity index (χ4n) is 1.91. The number of nitrogens with one attached hydrogen (secondary N) is 3. The molecule has 1 atom stereocenters. The first-order chi connectivity index (χ1) is 9.58. The maximum absolute atomic E-state index is 12.0. The van der Waals surface area contributed by atoms with Crippen molar-refractivity contribution in [2.24, 2.45) is 0 Å². The van der Waals surface area contributed by atoms with E-state index >= 15 is 0 Å². The number of amides is 2. The Labute approximate surface area is 118 Å². The number of hydrogen-bond donors (Lipinski definition) is 3. The molecule has 1 aromatic heterocycles. The van der Waals surface area contributed by atoms with Crippen LogP contribution in [0.2, 0.25) is 0 Å². The fraction of sp³-hybridized carbons (Fsp3) is 0.357. The van der Waals surface area contributed by atoms with Crippen molar-refractivity contribution in [3.8, 4) is 0 Å². The third-order valence-corrected chi connectivity index (χ3v) is 2.92. The van der Waals surface area contributed by atoms with Crippen molar-refractivity contribution >= 4 is 11.7 Å². The van der Waals surface area contributed by atoms with E-state index in [0.717, 1.165) is 23.5 Å². The largest absolute Gasteiger partial charge is 0.328 e. The Hall–Kier alpha value is -2.37. The molecule has 3 N–H and O–H groups in total. The van der Waals surface area contributed by atoms with Crippen LogP contribution in [0.5, 0.6) is 0 Å². The Morgan fingerprint density at radius 3 is 2.80 bits per heavy atom. The van der Waals surface area contributed by atoms with Crippen molar-refractivity contribution < 1.29 is 4.79 Å². The number of carbonyl (C=O) groups excluding carboxylic acids is 1. The van der Waals surface area contributed by atoms with Gasteiger partial charge in [0.25, 0.3) is 0 Å². The number of rotatable bonds is 4. The summed E-state index contributed by atoms with van der Waals surface area (Å²) in [6.07, 6.45) is 0.721. The summed E-state index contributed by atoms with van der Waals surface area (Å²) in [6, 6.07) is 7.19. The van der Waals surface area contributed by atoms with Crippen LogP contribution in [0.25, 0.3) is 0 Å². The van der Waals surface area contributed by atoms with E-state index in [2.05, 4.69) is 25.8 Å². The molecule has 0 aliphatic heterocycles. The average molecular weight is 273 g/mol. The molecule has 1 heterocycles. The van der Waals surface area contributed by atoms with Crippen molar-refractivity contribution in [3.63, 3.8) is 0 Å². The minimum Gasteiger partial charge on any atom is -0.328 e. The second-order valence-electron chi connectivity index (χ2n) is 4.71. The van der Waals surface area contributed by atoms with Gasteiger partial charge in [-0.05, 0) is 38.0 Å². The Kier molecular flexibility index (Phi) is 4.34. The molecule has 1 aromatic carbocycles. The van der Waals surface area contributed by atoms with Crippen LogP contribution >= 0.6 is 0 Å². The van der Waals surface area contributed by atoms with E-state index in [9.17, 15) is 4.79 Å². The highest BCUT2D eigenvalue weighted by atomic mass is 16.2. The topological polar surface area (TPSA) is 82.7 Å². The fourth-order valence-corrected chi connectivity index (χ4v) is 1.91. The molecular formula is C14H19N5O. The molecule has 6 nitrogen and oxygen atoms in total. The van der Waals surface area contributed by atoms with Crippen LogP contribution in [0, 0.1) is 13.8 Å². The van der Waals surface area contributed by atoms with E-state index < -0.39 is 0 Å². The third-order valence-electron chi connectivity index (χ3n) is 2.92. The zero-order valence-electron chi connectivity index (χ0n) is 11.9. The Morgan fingerprint density at radius 2 is 2.20 bits per heavy atom. The highest BCUT2D eigenvalue weighted by molar-refractivity contribution is 5.89. The minimum absolute atomic E-state index is 0.204. The first-order valence-electron chi connectivity index (χ1n) is 6.61. The van der Waals surface area contributed by atoms with Crippen LogP contribution < -0.4 is 10.6 Å². The molecule has 0 spiro atoms. The van der Waals surface area contributed by atoms with E-state index in [4.69, 9.17) is 0 Å². The lowest BCUT2D eigenvalue weighted by Gasteiger charge is -2.14. The molecule has 0 fully saturated rings. The van der Waals surface area contributed by atoms with Gasteiger partial charge < -0.3 is 10.6 Å². The Balaban J connectivity index is 1.99. The number of benzene rings is 1. The van der Waals surface area contributed by atoms with Gasteiger partial charge in [0.2, 0.25) is 0 Å². The summed E-state index contributed by atoms with van der Waals surface area (Å²) >= 11 is 0. The van der Waals surface area contributed by atoms with Gasteiger partial charge in [0.05, 0.1) is 6.04 Å². The minimum atomic E-state index is -0.259. The molecule has 0 saturated carbocycles. The van der Waals surface area contributed by atoms with Gasteiger partial charge in [-0.15, -0.1) is 0 Å². The summed E-state index contributed by atoms with van der Waals surface area (Å²) < 4.78 is 0. The van der Waals surface area contributed by atoms with Gasteiger partial charge in [-0.3, -0.25) is 5.10 Å². The first-order valence-corrected chi connectivity index (χ1v) is 6.61. The van der Waals surface area contributed by atoms with Crippen LogP contribution in [0.1, 0.15) is 36.6 Å². The predicted octanol–water partition coefficient (Wildman–Crippen LogP) is 2.69. The summed E-state index contributed by atoms with van der Waals surface area (Å²) in [5.41, 5.74) is 1.86. The molecule has 20 heavy (non-hydrogen) atoms. The Bertz CT molecular complexity index is 593. The smallest absolute Gasteiger partial charge is 0.319 e. The standard InChI is InChI=1S/C14H19N5O/c1-4-12(13-15-10(3)18-19-13)17-14(20)16-11-7-5-6-9(2)8-11/h5-8,12H,4H2,1-3H3,(H,15,18,19)(H2,16,17,20)/t12-/m1/s1. The van der Waals surface area contributed by atoms with E-state index in [1.165, 1.54) is 0 Å². The van der Waals surface area contributed by atoms with Gasteiger partial charge in [0, 0.05) is 5.69 Å². The van der Waals surface area contributed by atoms with Crippen molar-refractivity contribution in [1.29, 1.82) is 0 Å². The van der Waals surface area contributed by atoms with Crippen LogP contribution in [0.15, 0.2) is 24.3 Å². The Morgan fingerprint density at radius 1 is 1.40 bits per heavy atom. The van der Waals surface area contributed by atoms with E-state index in [-0.39, 0.29) is 12.1 Å². The number of urea groups is 1. The highest BCUT2D eigenvalue weighted by Crippen LogP contribution is 2.13. The number of hydrogen-bond acceptors (Lipinski definition) is 3. The number of aromatic amines is 1. The number of H-pyrrole nitrogens is 1. The van der Waals surface area contributed by atoms with Gasteiger partial charge in [-0.2, -0.15) is 5.10 Å². The lowest BCUT2D eigenvalue weighted by atomic mass is 10.2. The second kappa shape index (κ2) is 6.18. The maximum Gasteiger partial charge on any atom is 0.319 e. The maximum atomic E-state index is 12.0. The predicted molar refractivity (Wildman–Crippen MR) is 77.5 cm³/mol. The van der Waals surface area contributed by atoms with Gasteiger partial charge in [0.15, 0.2) is 5.82 Å². The number of nitrogens with zero attached hydrogens (tertiary/aromatic N) is 2. The summed E-state index contributed by atoms with van der Waals surface area (Å²) in [4.78, 5) is 16.2. The van der Waals surface area contributed by atoms with Gasteiger partial charge >= 0.3 is 6.03 Å². The van der Waals surface area contributed by atoms with Crippen LogP contribution in [-0.4, -0.2) is 21.2 Å². The quantitative estimate of drug-likeness (QED) is 0.801. The van der Waals surface area contributed by atoms with Crippen molar-refractivity contribution in [3.05, 3.63) is 41.5 Å². The van der Waals surface area contributed by atoms with Gasteiger partial charge in [-0.1, -0.05) is 19.1 Å². The van der Waals surface area contributed by atoms with Crippen molar-refractivity contribution in [2.75, 3.05) is 5.32 Å². The third kappa shape index (κ3) is 3.57. The molecule has 2 amide bonds. The molecule has 2 aromatic rings. The number of carbonyl (C=O) groups is 1. The van der Waals surface area contributed by atoms with Gasteiger partial charge in [0.1, 0.15) is 5.82 Å². The normalized spacial score (nSPS) is 11.9. The molecule has 0 aliphatic rings. The number of anilines is 1. The second-order valence-corrected chi connectivity index (χ2v) is 4.71. The average Bonchev–Trinajstić information content (AvgIpc) is 2.82. The molecule has 0 radical (unpaired) electrons. The monoisotopic (exact) mass is 273 g/mol. The van der Waals surface area contributed by atoms with Crippen molar-refractivity contribution in [2.45, 2.75) is 33.2 Å². The molecule has 0 saturated heterocycles. The van der Waals surface area contributed by atoms with Crippen LogP contribution in [-0.2, 0) is 0 Å². The number of aromatic nitrogens is 3. The SMILES string of the molecule is CC[C@@H](NC(=O)Nc1cccc(C)c1)c1n[nH]c(C)n1. The summed E-state index contributed by atoms with van der Waals surface area (Å²) in [7, 11) is 0. The zero-order chi connectivity index (χ0) is 14.5. The summed E-state index contributed by atoms with van der Waals surface area (Å²) in [5, 5.41) is 12.5. The lowest BCUT2D eigenvalue weighted by molar-refractivity contribution is 0.247. The lowest BCUT2D eigenvalue weighted by Crippen LogP contribution is -2.32. The van der Waals surface area contributed by atoms with E-state index in [1.807, 2.05) is 45.0 Å². The molecular weight excluding hydrogens is 254 g/mol.